The molecule has 1 saturated carbocycles. The summed E-state index contributed by atoms with van der Waals surface area (Å²) >= 11 is 0. The molecule has 2 unspecified atom stereocenters. The van der Waals surface area contributed by atoms with Crippen LogP contribution >= 0.6 is 0 Å². The molecule has 0 spiro atoms. The molecule has 2 nitrogen and oxygen atoms in total. The summed E-state index contributed by atoms with van der Waals surface area (Å²) in [4.78, 5) is 0. The smallest absolute Gasteiger partial charge is 0.263 e. The number of alkyl halides is 2. The fraction of sp³-hybridized carbons (Fsp3) is 1.00. The Balaban J connectivity index is 2.41. The summed E-state index contributed by atoms with van der Waals surface area (Å²) in [6, 6.07) is -0.671. The van der Waals surface area contributed by atoms with Gasteiger partial charge < -0.3 is 11.1 Å². The molecule has 0 heterocycles. The van der Waals surface area contributed by atoms with Crippen molar-refractivity contribution in [3.05, 3.63) is 0 Å². The second kappa shape index (κ2) is 3.66. The summed E-state index contributed by atoms with van der Waals surface area (Å²) in [6.45, 7) is 2.24. The van der Waals surface area contributed by atoms with Crippen molar-refractivity contribution in [3.8, 4) is 0 Å². The summed E-state index contributed by atoms with van der Waals surface area (Å²) in [6.07, 6.45) is 1.20. The first-order valence-electron chi connectivity index (χ1n) is 4.40. The number of halogens is 2. The highest BCUT2D eigenvalue weighted by atomic mass is 19.3. The van der Waals surface area contributed by atoms with Crippen LogP contribution in [0, 0.1) is 0 Å². The van der Waals surface area contributed by atoms with Gasteiger partial charge in [0.1, 0.15) is 0 Å². The third-order valence-corrected chi connectivity index (χ3v) is 2.35. The van der Waals surface area contributed by atoms with Crippen LogP contribution in [0.3, 0.4) is 0 Å². The van der Waals surface area contributed by atoms with Gasteiger partial charge in [0.05, 0.1) is 6.04 Å². The first kappa shape index (κ1) is 9.86. The summed E-state index contributed by atoms with van der Waals surface area (Å²) in [7, 11) is 0. The Morgan fingerprint density at radius 2 is 2.33 bits per heavy atom. The molecule has 72 valence electrons. The zero-order valence-electron chi connectivity index (χ0n) is 7.32. The Bertz CT molecular complexity index is 150. The second-order valence-corrected chi connectivity index (χ2v) is 3.51. The van der Waals surface area contributed by atoms with Crippen molar-refractivity contribution < 1.29 is 8.78 Å². The van der Waals surface area contributed by atoms with Crippen LogP contribution < -0.4 is 11.1 Å². The van der Waals surface area contributed by atoms with Crippen molar-refractivity contribution in [2.45, 2.75) is 44.2 Å². The number of hydrogen-bond acceptors (Lipinski definition) is 2. The largest absolute Gasteiger partial charge is 0.329 e. The number of nitrogens with one attached hydrogen (secondary N) is 1. The van der Waals surface area contributed by atoms with E-state index in [2.05, 4.69) is 5.32 Å². The highest BCUT2D eigenvalue weighted by molar-refractivity contribution is 4.91. The van der Waals surface area contributed by atoms with Gasteiger partial charge in [0.15, 0.2) is 0 Å². The van der Waals surface area contributed by atoms with Crippen molar-refractivity contribution in [2.24, 2.45) is 5.73 Å². The van der Waals surface area contributed by atoms with Gasteiger partial charge in [-0.05, 0) is 19.8 Å². The lowest BCUT2D eigenvalue weighted by molar-refractivity contribution is -0.0202. The van der Waals surface area contributed by atoms with Crippen LogP contribution in [0.2, 0.25) is 0 Å². The monoisotopic (exact) mass is 178 g/mol. The van der Waals surface area contributed by atoms with Gasteiger partial charge in [0.25, 0.3) is 5.92 Å². The first-order chi connectivity index (χ1) is 5.56. The Labute approximate surface area is 71.5 Å². The van der Waals surface area contributed by atoms with Crippen LogP contribution in [0.5, 0.6) is 0 Å². The van der Waals surface area contributed by atoms with E-state index in [-0.39, 0.29) is 12.5 Å². The van der Waals surface area contributed by atoms with E-state index in [1.807, 2.05) is 6.92 Å². The van der Waals surface area contributed by atoms with E-state index >= 15 is 0 Å². The maximum absolute atomic E-state index is 13.0. The van der Waals surface area contributed by atoms with Gasteiger partial charge in [-0.2, -0.15) is 0 Å². The first-order valence-corrected chi connectivity index (χ1v) is 4.40. The molecule has 1 aliphatic rings. The van der Waals surface area contributed by atoms with Crippen molar-refractivity contribution in [1.29, 1.82) is 0 Å². The minimum Gasteiger partial charge on any atom is -0.329 e. The van der Waals surface area contributed by atoms with E-state index in [1.165, 1.54) is 0 Å². The van der Waals surface area contributed by atoms with Crippen LogP contribution in [-0.2, 0) is 0 Å². The molecule has 4 heteroatoms. The fourth-order valence-electron chi connectivity index (χ4n) is 1.54. The molecular formula is C8H16F2N2. The number of rotatable bonds is 3. The predicted molar refractivity (Wildman–Crippen MR) is 44.2 cm³/mol. The van der Waals surface area contributed by atoms with E-state index in [4.69, 9.17) is 5.73 Å². The van der Waals surface area contributed by atoms with Gasteiger partial charge in [0.2, 0.25) is 0 Å². The predicted octanol–water partition coefficient (Wildman–Crippen LogP) is 1.11. The number of hydrogen-bond donors (Lipinski definition) is 2. The third kappa shape index (κ3) is 2.14. The zero-order chi connectivity index (χ0) is 9.19. The molecule has 3 N–H and O–H groups in total. The maximum Gasteiger partial charge on any atom is 0.263 e. The van der Waals surface area contributed by atoms with E-state index in [0.29, 0.717) is 19.4 Å². The molecule has 0 bridgehead atoms. The molecule has 2 atom stereocenters. The fourth-order valence-corrected chi connectivity index (χ4v) is 1.54. The lowest BCUT2D eigenvalue weighted by Gasteiger charge is -2.23. The molecule has 0 aliphatic heterocycles. The molecule has 0 aromatic rings. The van der Waals surface area contributed by atoms with Gasteiger partial charge in [-0.3, -0.25) is 0 Å². The molecule has 0 aromatic heterocycles. The van der Waals surface area contributed by atoms with Crippen molar-refractivity contribution in [1.82, 2.24) is 5.32 Å². The van der Waals surface area contributed by atoms with Gasteiger partial charge in [-0.1, -0.05) is 0 Å². The van der Waals surface area contributed by atoms with E-state index in [9.17, 15) is 8.78 Å². The molecule has 0 saturated heterocycles. The molecule has 1 rings (SSSR count). The molecule has 1 aliphatic carbocycles. The minimum absolute atomic E-state index is 0.0148. The van der Waals surface area contributed by atoms with E-state index < -0.39 is 12.0 Å². The standard InChI is InChI=1S/C8H16F2N2/c1-6(5-11)12-7-3-2-4-8(7,9)10/h6-7,12H,2-5,11H2,1H3. The van der Waals surface area contributed by atoms with E-state index in [0.717, 1.165) is 0 Å². The minimum atomic E-state index is -2.52. The summed E-state index contributed by atoms with van der Waals surface area (Å²) < 4.78 is 26.0. The van der Waals surface area contributed by atoms with Crippen molar-refractivity contribution in [3.63, 3.8) is 0 Å². The van der Waals surface area contributed by atoms with Gasteiger partial charge >= 0.3 is 0 Å². The Morgan fingerprint density at radius 1 is 1.67 bits per heavy atom. The second-order valence-electron chi connectivity index (χ2n) is 3.51. The van der Waals surface area contributed by atoms with Crippen molar-refractivity contribution in [2.75, 3.05) is 6.54 Å². The van der Waals surface area contributed by atoms with Crippen LogP contribution in [0.15, 0.2) is 0 Å². The average molecular weight is 178 g/mol. The van der Waals surface area contributed by atoms with Crippen LogP contribution in [0.1, 0.15) is 26.2 Å². The van der Waals surface area contributed by atoms with Crippen LogP contribution in [0.4, 0.5) is 8.78 Å². The highest BCUT2D eigenvalue weighted by Gasteiger charge is 2.43. The van der Waals surface area contributed by atoms with Gasteiger partial charge in [0, 0.05) is 19.0 Å². The summed E-state index contributed by atoms with van der Waals surface area (Å²) in [5, 5.41) is 2.84. The van der Waals surface area contributed by atoms with Crippen molar-refractivity contribution >= 4 is 0 Å². The normalized spacial score (nSPS) is 30.5. The van der Waals surface area contributed by atoms with Crippen LogP contribution in [0.25, 0.3) is 0 Å². The maximum atomic E-state index is 13.0. The number of nitrogens with two attached hydrogens (primary N) is 1. The third-order valence-electron chi connectivity index (χ3n) is 2.35. The van der Waals surface area contributed by atoms with Gasteiger partial charge in [-0.25, -0.2) is 8.78 Å². The Morgan fingerprint density at radius 3 is 2.75 bits per heavy atom. The molecular weight excluding hydrogens is 162 g/mol. The topological polar surface area (TPSA) is 38.0 Å². The molecule has 0 radical (unpaired) electrons. The lowest BCUT2D eigenvalue weighted by Crippen LogP contribution is -2.47. The Hall–Kier alpha value is -0.220. The zero-order valence-corrected chi connectivity index (χ0v) is 7.32. The molecule has 0 aromatic carbocycles. The molecule has 0 amide bonds. The SMILES string of the molecule is CC(CN)NC1CCCC1(F)F. The summed E-state index contributed by atoms with van der Waals surface area (Å²) in [5.74, 6) is -2.52. The van der Waals surface area contributed by atoms with E-state index in [1.54, 1.807) is 0 Å². The Kier molecular flexibility index (Phi) is 3.01. The quantitative estimate of drug-likeness (QED) is 0.679. The summed E-state index contributed by atoms with van der Waals surface area (Å²) in [5.41, 5.74) is 5.33. The molecule has 1 fully saturated rings. The highest BCUT2D eigenvalue weighted by Crippen LogP contribution is 2.35. The average Bonchev–Trinajstić information content (AvgIpc) is 2.31. The van der Waals surface area contributed by atoms with Crippen LogP contribution in [-0.4, -0.2) is 24.6 Å². The molecule has 12 heavy (non-hydrogen) atoms. The van der Waals surface area contributed by atoms with Gasteiger partial charge in [-0.15, -0.1) is 0 Å². The lowest BCUT2D eigenvalue weighted by atomic mass is 10.1.